The summed E-state index contributed by atoms with van der Waals surface area (Å²) in [5.74, 6) is 0. The normalized spacial score (nSPS) is 23.4. The van der Waals surface area contributed by atoms with Crippen molar-refractivity contribution < 1.29 is 9.90 Å². The van der Waals surface area contributed by atoms with Gasteiger partial charge in [-0.15, -0.1) is 0 Å². The van der Waals surface area contributed by atoms with E-state index in [2.05, 4.69) is 4.99 Å². The first kappa shape index (κ1) is 10.7. The lowest BCUT2D eigenvalue weighted by Gasteiger charge is -2.39. The van der Waals surface area contributed by atoms with Gasteiger partial charge in [0.2, 0.25) is 6.08 Å². The minimum Gasteiger partial charge on any atom is -0.385 e. The molecule has 0 atom stereocenters. The van der Waals surface area contributed by atoms with E-state index in [-0.39, 0.29) is 0 Å². The Bertz CT molecular complexity index is 495. The van der Waals surface area contributed by atoms with Crippen LogP contribution in [0.15, 0.2) is 29.3 Å². The molecule has 2 aliphatic carbocycles. The van der Waals surface area contributed by atoms with E-state index < -0.39 is 11.1 Å². The van der Waals surface area contributed by atoms with Crippen LogP contribution in [0.2, 0.25) is 0 Å². The highest BCUT2D eigenvalue weighted by Crippen LogP contribution is 2.53. The van der Waals surface area contributed by atoms with Crippen molar-refractivity contribution >= 4 is 6.08 Å². The van der Waals surface area contributed by atoms with Crippen molar-refractivity contribution in [2.45, 2.75) is 43.2 Å². The molecule has 1 N–H and O–H groups in total. The van der Waals surface area contributed by atoms with Crippen molar-refractivity contribution in [2.24, 2.45) is 4.99 Å². The molecule has 0 amide bonds. The monoisotopic (exact) mass is 229 g/mol. The van der Waals surface area contributed by atoms with Gasteiger partial charge in [0.05, 0.1) is 11.1 Å². The van der Waals surface area contributed by atoms with Crippen LogP contribution in [0.1, 0.15) is 43.2 Å². The minimum absolute atomic E-state index is 0.406. The van der Waals surface area contributed by atoms with Crippen LogP contribution in [0.25, 0.3) is 0 Å². The first-order valence-electron chi connectivity index (χ1n) is 6.12. The predicted molar refractivity (Wildman–Crippen MR) is 63.2 cm³/mol. The van der Waals surface area contributed by atoms with Crippen molar-refractivity contribution in [3.05, 3.63) is 35.4 Å². The van der Waals surface area contributed by atoms with E-state index in [4.69, 9.17) is 0 Å². The van der Waals surface area contributed by atoms with E-state index in [0.29, 0.717) is 0 Å². The number of aliphatic imine (C=N–C) groups is 1. The molecule has 1 aromatic carbocycles. The predicted octanol–water partition coefficient (Wildman–Crippen LogP) is 2.38. The van der Waals surface area contributed by atoms with Gasteiger partial charge in [-0.1, -0.05) is 24.3 Å². The summed E-state index contributed by atoms with van der Waals surface area (Å²) in [6.45, 7) is 0. The largest absolute Gasteiger partial charge is 0.385 e. The molecule has 0 unspecified atom stereocenters. The number of hydrogen-bond acceptors (Lipinski definition) is 3. The maximum Gasteiger partial charge on any atom is 0.235 e. The van der Waals surface area contributed by atoms with Crippen LogP contribution >= 0.6 is 0 Å². The minimum atomic E-state index is -0.669. The Kier molecular flexibility index (Phi) is 2.22. The Balaban J connectivity index is 2.11. The Morgan fingerprint density at radius 3 is 2.24 bits per heavy atom. The highest BCUT2D eigenvalue weighted by Gasteiger charge is 2.48. The quantitative estimate of drug-likeness (QED) is 0.639. The van der Waals surface area contributed by atoms with E-state index in [0.717, 1.165) is 43.2 Å². The molecule has 3 nitrogen and oxygen atoms in total. The summed E-state index contributed by atoms with van der Waals surface area (Å²) >= 11 is 0. The molecule has 0 aliphatic heterocycles. The second kappa shape index (κ2) is 3.52. The number of isocyanates is 1. The van der Waals surface area contributed by atoms with E-state index >= 15 is 0 Å². The summed E-state index contributed by atoms with van der Waals surface area (Å²) in [6, 6.07) is 7.84. The zero-order valence-electron chi connectivity index (χ0n) is 9.65. The SMILES string of the molecule is O=C=NC1(c2ccccc2C2(O)CC2)CCC1. The maximum absolute atomic E-state index is 10.6. The average Bonchev–Trinajstić information content (AvgIpc) is 3.03. The Morgan fingerprint density at radius 1 is 1.12 bits per heavy atom. The maximum atomic E-state index is 10.6. The molecule has 3 heteroatoms. The molecule has 17 heavy (non-hydrogen) atoms. The van der Waals surface area contributed by atoms with E-state index in [1.54, 1.807) is 6.08 Å². The van der Waals surface area contributed by atoms with Gasteiger partial charge in [-0.05, 0) is 43.2 Å². The number of benzene rings is 1. The second-order valence-electron chi connectivity index (χ2n) is 5.17. The van der Waals surface area contributed by atoms with Gasteiger partial charge in [-0.2, -0.15) is 4.99 Å². The smallest absolute Gasteiger partial charge is 0.235 e. The van der Waals surface area contributed by atoms with Crippen LogP contribution in [0.5, 0.6) is 0 Å². The van der Waals surface area contributed by atoms with Crippen LogP contribution in [-0.2, 0) is 15.9 Å². The molecule has 2 aliphatic rings. The van der Waals surface area contributed by atoms with Crippen LogP contribution in [0, 0.1) is 0 Å². The number of aliphatic hydroxyl groups is 1. The topological polar surface area (TPSA) is 49.7 Å². The first-order chi connectivity index (χ1) is 8.20. The average molecular weight is 229 g/mol. The molecule has 2 fully saturated rings. The van der Waals surface area contributed by atoms with Gasteiger partial charge < -0.3 is 5.11 Å². The summed E-state index contributed by atoms with van der Waals surface area (Å²) in [7, 11) is 0. The summed E-state index contributed by atoms with van der Waals surface area (Å²) < 4.78 is 0. The van der Waals surface area contributed by atoms with E-state index in [1.165, 1.54) is 0 Å². The highest BCUT2D eigenvalue weighted by atomic mass is 16.3. The fourth-order valence-corrected chi connectivity index (χ4v) is 2.72. The fourth-order valence-electron chi connectivity index (χ4n) is 2.72. The molecule has 1 aromatic rings. The molecule has 0 aromatic heterocycles. The van der Waals surface area contributed by atoms with Crippen molar-refractivity contribution in [3.8, 4) is 0 Å². The summed E-state index contributed by atoms with van der Waals surface area (Å²) in [5, 5.41) is 10.3. The van der Waals surface area contributed by atoms with Crippen LogP contribution in [-0.4, -0.2) is 11.2 Å². The second-order valence-corrected chi connectivity index (χ2v) is 5.17. The molecular weight excluding hydrogens is 214 g/mol. The molecule has 2 saturated carbocycles. The summed E-state index contributed by atoms with van der Waals surface area (Å²) in [5.41, 5.74) is 0.905. The fraction of sp³-hybridized carbons (Fsp3) is 0.500. The third-order valence-corrected chi connectivity index (χ3v) is 4.09. The Hall–Kier alpha value is -1.44. The Labute approximate surface area is 100 Å². The zero-order valence-corrected chi connectivity index (χ0v) is 9.65. The molecule has 0 heterocycles. The molecule has 3 rings (SSSR count). The van der Waals surface area contributed by atoms with Crippen LogP contribution in [0.3, 0.4) is 0 Å². The number of hydrogen-bond donors (Lipinski definition) is 1. The summed E-state index contributed by atoms with van der Waals surface area (Å²) in [6.07, 6.45) is 6.17. The van der Waals surface area contributed by atoms with E-state index in [1.807, 2.05) is 24.3 Å². The van der Waals surface area contributed by atoms with Crippen LogP contribution in [0.4, 0.5) is 0 Å². The van der Waals surface area contributed by atoms with Crippen molar-refractivity contribution in [2.75, 3.05) is 0 Å². The standard InChI is InChI=1S/C14H15NO2/c16-10-15-13(6-3-7-13)11-4-1-2-5-12(11)14(17)8-9-14/h1-2,4-5,17H,3,6-9H2. The molecule has 88 valence electrons. The molecule has 0 spiro atoms. The lowest BCUT2D eigenvalue weighted by Crippen LogP contribution is -2.34. The zero-order chi connectivity index (χ0) is 11.9. The van der Waals surface area contributed by atoms with Gasteiger partial charge in [0, 0.05) is 0 Å². The van der Waals surface area contributed by atoms with Gasteiger partial charge in [0.1, 0.15) is 0 Å². The first-order valence-corrected chi connectivity index (χ1v) is 6.12. The number of nitrogens with zero attached hydrogens (tertiary/aromatic N) is 1. The lowest BCUT2D eigenvalue weighted by molar-refractivity contribution is 0.144. The molecule has 0 saturated heterocycles. The van der Waals surface area contributed by atoms with Crippen molar-refractivity contribution in [1.29, 1.82) is 0 Å². The van der Waals surface area contributed by atoms with E-state index in [9.17, 15) is 9.90 Å². The summed E-state index contributed by atoms with van der Waals surface area (Å²) in [4.78, 5) is 14.6. The third kappa shape index (κ3) is 1.54. The van der Waals surface area contributed by atoms with Gasteiger partial charge in [0.25, 0.3) is 0 Å². The van der Waals surface area contributed by atoms with Gasteiger partial charge in [0.15, 0.2) is 0 Å². The highest BCUT2D eigenvalue weighted by molar-refractivity contribution is 5.45. The number of rotatable bonds is 3. The Morgan fingerprint density at radius 2 is 1.76 bits per heavy atom. The van der Waals surface area contributed by atoms with Gasteiger partial charge in [-0.25, -0.2) is 4.79 Å². The third-order valence-electron chi connectivity index (χ3n) is 4.09. The van der Waals surface area contributed by atoms with Gasteiger partial charge >= 0.3 is 0 Å². The van der Waals surface area contributed by atoms with Gasteiger partial charge in [-0.3, -0.25) is 0 Å². The molecule has 0 bridgehead atoms. The number of carbonyl (C=O) groups excluding carboxylic acids is 1. The molecule has 0 radical (unpaired) electrons. The van der Waals surface area contributed by atoms with Crippen molar-refractivity contribution in [1.82, 2.24) is 0 Å². The molecular formula is C14H15NO2. The lowest BCUT2D eigenvalue weighted by atomic mass is 9.70. The van der Waals surface area contributed by atoms with Crippen molar-refractivity contribution in [3.63, 3.8) is 0 Å². The van der Waals surface area contributed by atoms with Crippen LogP contribution < -0.4 is 0 Å².